The van der Waals surface area contributed by atoms with Crippen LogP contribution < -0.4 is 0 Å². The summed E-state index contributed by atoms with van der Waals surface area (Å²) in [5.41, 5.74) is 1.88. The Bertz CT molecular complexity index is 1200. The summed E-state index contributed by atoms with van der Waals surface area (Å²) in [4.78, 5) is 15.9. The monoisotopic (exact) mass is 373 g/mol. The van der Waals surface area contributed by atoms with Crippen LogP contribution in [-0.2, 0) is 13.2 Å². The van der Waals surface area contributed by atoms with Crippen LogP contribution in [0.15, 0.2) is 42.5 Å². The summed E-state index contributed by atoms with van der Waals surface area (Å²) in [6.45, 7) is 1.81. The molecule has 4 rings (SSSR count). The Morgan fingerprint density at radius 3 is 2.37 bits per heavy atom. The first-order valence-corrected chi connectivity index (χ1v) is 8.07. The van der Waals surface area contributed by atoms with E-state index < -0.39 is 17.7 Å². The quantitative estimate of drug-likeness (QED) is 0.561. The summed E-state index contributed by atoms with van der Waals surface area (Å²) in [6, 6.07) is 9.49. The number of hydrogen-bond donors (Lipinski definition) is 1. The van der Waals surface area contributed by atoms with Gasteiger partial charge in [0.15, 0.2) is 5.65 Å². The molecule has 0 bridgehead atoms. The first kappa shape index (κ1) is 17.1. The van der Waals surface area contributed by atoms with Gasteiger partial charge in [-0.3, -0.25) is 4.57 Å². The van der Waals surface area contributed by atoms with E-state index in [0.717, 1.165) is 17.6 Å². The number of fused-ring (bicyclic) bond motifs is 3. The third-order valence-corrected chi connectivity index (χ3v) is 4.70. The lowest BCUT2D eigenvalue weighted by molar-refractivity contribution is -0.137. The fourth-order valence-electron chi connectivity index (χ4n) is 3.28. The zero-order valence-corrected chi connectivity index (χ0v) is 14.4. The second-order valence-electron chi connectivity index (χ2n) is 6.31. The van der Waals surface area contributed by atoms with Crippen molar-refractivity contribution in [1.29, 1.82) is 0 Å². The molecule has 0 saturated heterocycles. The molecule has 0 amide bonds. The number of rotatable bonds is 2. The second-order valence-corrected chi connectivity index (χ2v) is 6.31. The Morgan fingerprint density at radius 1 is 1.11 bits per heavy atom. The van der Waals surface area contributed by atoms with Gasteiger partial charge in [0.1, 0.15) is 5.82 Å². The zero-order chi connectivity index (χ0) is 19.5. The van der Waals surface area contributed by atoms with E-state index >= 15 is 0 Å². The maximum atomic E-state index is 12.9. The van der Waals surface area contributed by atoms with Crippen LogP contribution in [0.2, 0.25) is 0 Å². The zero-order valence-electron chi connectivity index (χ0n) is 14.4. The minimum absolute atomic E-state index is 0.132. The lowest BCUT2D eigenvalue weighted by Crippen LogP contribution is -2.05. The molecule has 0 radical (unpaired) electrons. The van der Waals surface area contributed by atoms with Crippen molar-refractivity contribution in [3.63, 3.8) is 0 Å². The number of carbonyl (C=O) groups is 1. The molecular weight excluding hydrogens is 359 g/mol. The molecule has 0 aliphatic heterocycles. The van der Waals surface area contributed by atoms with Crippen LogP contribution in [0.1, 0.15) is 21.7 Å². The molecule has 27 heavy (non-hydrogen) atoms. The van der Waals surface area contributed by atoms with Gasteiger partial charge in [0, 0.05) is 18.1 Å². The molecule has 0 fully saturated rings. The Kier molecular flexibility index (Phi) is 3.56. The number of aryl methyl sites for hydroxylation is 2. The van der Waals surface area contributed by atoms with E-state index in [2.05, 4.69) is 4.98 Å². The fourth-order valence-corrected chi connectivity index (χ4v) is 3.28. The highest BCUT2D eigenvalue weighted by Crippen LogP contribution is 2.34. The van der Waals surface area contributed by atoms with Crippen LogP contribution in [0.5, 0.6) is 0 Å². The predicted octanol–water partition coefficient (Wildman–Crippen LogP) is 4.54. The van der Waals surface area contributed by atoms with Crippen LogP contribution in [-0.4, -0.2) is 25.2 Å². The number of alkyl halides is 3. The van der Waals surface area contributed by atoms with Gasteiger partial charge in [-0.15, -0.1) is 0 Å². The highest BCUT2D eigenvalue weighted by atomic mass is 19.4. The standard InChI is InChI=1S/C19H14F3N3O2/c1-10-23-17-16(24(10)2)14-9-11(18(26)27)3-8-15(14)25(17)13-6-4-12(5-7-13)19(20,21)22/h3-9H,1-2H3,(H,26,27). The Labute approximate surface area is 151 Å². The Morgan fingerprint density at radius 2 is 1.78 bits per heavy atom. The number of aromatic carboxylic acids is 1. The van der Waals surface area contributed by atoms with E-state index in [1.165, 1.54) is 18.2 Å². The van der Waals surface area contributed by atoms with Gasteiger partial charge in [0.2, 0.25) is 0 Å². The van der Waals surface area contributed by atoms with Crippen molar-refractivity contribution in [2.45, 2.75) is 13.1 Å². The van der Waals surface area contributed by atoms with Gasteiger partial charge >= 0.3 is 12.1 Å². The number of aromatic nitrogens is 3. The highest BCUT2D eigenvalue weighted by molar-refractivity contribution is 6.08. The van der Waals surface area contributed by atoms with Crippen LogP contribution in [0.4, 0.5) is 13.2 Å². The summed E-state index contributed by atoms with van der Waals surface area (Å²) < 4.78 is 42.2. The van der Waals surface area contributed by atoms with Gasteiger partial charge in [-0.05, 0) is 49.4 Å². The minimum atomic E-state index is -4.41. The van der Waals surface area contributed by atoms with Crippen molar-refractivity contribution in [1.82, 2.24) is 14.1 Å². The normalized spacial score (nSPS) is 12.2. The van der Waals surface area contributed by atoms with Crippen molar-refractivity contribution < 1.29 is 23.1 Å². The first-order chi connectivity index (χ1) is 12.7. The molecule has 0 aliphatic carbocycles. The van der Waals surface area contributed by atoms with Gasteiger partial charge in [-0.25, -0.2) is 9.78 Å². The van der Waals surface area contributed by atoms with Gasteiger partial charge < -0.3 is 9.67 Å². The average Bonchev–Trinajstić information content (AvgIpc) is 3.07. The lowest BCUT2D eigenvalue weighted by atomic mass is 10.1. The first-order valence-electron chi connectivity index (χ1n) is 8.07. The van der Waals surface area contributed by atoms with E-state index in [1.54, 1.807) is 16.7 Å². The van der Waals surface area contributed by atoms with E-state index in [1.807, 2.05) is 18.5 Å². The van der Waals surface area contributed by atoms with E-state index in [0.29, 0.717) is 28.1 Å². The number of hydrogen-bond acceptors (Lipinski definition) is 2. The van der Waals surface area contributed by atoms with Crippen molar-refractivity contribution in [2.75, 3.05) is 0 Å². The van der Waals surface area contributed by atoms with E-state index in [4.69, 9.17) is 0 Å². The van der Waals surface area contributed by atoms with Gasteiger partial charge in [-0.1, -0.05) is 0 Å². The van der Waals surface area contributed by atoms with E-state index in [9.17, 15) is 23.1 Å². The lowest BCUT2D eigenvalue weighted by Gasteiger charge is -2.10. The van der Waals surface area contributed by atoms with Crippen LogP contribution >= 0.6 is 0 Å². The molecular formula is C19H14F3N3O2. The predicted molar refractivity (Wildman–Crippen MR) is 94.2 cm³/mol. The maximum absolute atomic E-state index is 12.9. The Balaban J connectivity index is 2.04. The van der Waals surface area contributed by atoms with Crippen molar-refractivity contribution in [2.24, 2.45) is 7.05 Å². The molecule has 2 aromatic heterocycles. The molecule has 5 nitrogen and oxygen atoms in total. The molecule has 0 unspecified atom stereocenters. The summed E-state index contributed by atoms with van der Waals surface area (Å²) in [6.07, 6.45) is -4.41. The van der Waals surface area contributed by atoms with Crippen LogP contribution in [0.3, 0.4) is 0 Å². The molecule has 138 valence electrons. The van der Waals surface area contributed by atoms with E-state index in [-0.39, 0.29) is 5.56 Å². The number of nitrogens with zero attached hydrogens (tertiary/aromatic N) is 3. The topological polar surface area (TPSA) is 60.0 Å². The van der Waals surface area contributed by atoms with Crippen molar-refractivity contribution >= 4 is 28.0 Å². The maximum Gasteiger partial charge on any atom is 0.416 e. The molecule has 2 heterocycles. The number of carboxylic acid groups (broad SMARTS) is 1. The van der Waals surface area contributed by atoms with Gasteiger partial charge in [0.05, 0.1) is 22.2 Å². The van der Waals surface area contributed by atoms with Crippen LogP contribution in [0, 0.1) is 6.92 Å². The minimum Gasteiger partial charge on any atom is -0.478 e. The summed E-state index contributed by atoms with van der Waals surface area (Å²) in [5, 5.41) is 9.96. The van der Waals surface area contributed by atoms with Gasteiger partial charge in [-0.2, -0.15) is 13.2 Å². The Hall–Kier alpha value is -3.29. The molecule has 8 heteroatoms. The molecule has 0 atom stereocenters. The fraction of sp³-hybridized carbons (Fsp3) is 0.158. The number of benzene rings is 2. The molecule has 1 N–H and O–H groups in total. The van der Waals surface area contributed by atoms with Crippen LogP contribution in [0.25, 0.3) is 27.8 Å². The molecule has 4 aromatic rings. The largest absolute Gasteiger partial charge is 0.478 e. The second kappa shape index (κ2) is 5.60. The number of carboxylic acids is 1. The SMILES string of the molecule is Cc1nc2c(c3cc(C(=O)O)ccc3n2-c2ccc(C(F)(F)F)cc2)n1C. The summed E-state index contributed by atoms with van der Waals surface area (Å²) >= 11 is 0. The van der Waals surface area contributed by atoms with Crippen molar-refractivity contribution in [3.05, 3.63) is 59.4 Å². The number of halogens is 3. The average molecular weight is 373 g/mol. The summed E-state index contributed by atoms with van der Waals surface area (Å²) in [7, 11) is 1.81. The molecule has 0 aliphatic rings. The third-order valence-electron chi connectivity index (χ3n) is 4.70. The number of imidazole rings is 1. The summed E-state index contributed by atoms with van der Waals surface area (Å²) in [5.74, 6) is -0.338. The van der Waals surface area contributed by atoms with Crippen molar-refractivity contribution in [3.8, 4) is 5.69 Å². The highest BCUT2D eigenvalue weighted by Gasteiger charge is 2.30. The third kappa shape index (κ3) is 2.56. The smallest absolute Gasteiger partial charge is 0.416 e. The molecule has 0 spiro atoms. The molecule has 2 aromatic carbocycles. The van der Waals surface area contributed by atoms with Gasteiger partial charge in [0.25, 0.3) is 0 Å². The molecule has 0 saturated carbocycles.